The second kappa shape index (κ2) is 3.79. The van der Waals surface area contributed by atoms with Crippen LogP contribution in [-0.4, -0.2) is 19.9 Å². The van der Waals surface area contributed by atoms with E-state index < -0.39 is 0 Å². The van der Waals surface area contributed by atoms with E-state index in [1.165, 1.54) is 25.7 Å². The van der Waals surface area contributed by atoms with E-state index in [1.807, 2.05) is 0 Å². The van der Waals surface area contributed by atoms with Crippen LogP contribution in [0.3, 0.4) is 0 Å². The van der Waals surface area contributed by atoms with Gasteiger partial charge in [0.1, 0.15) is 17.7 Å². The van der Waals surface area contributed by atoms with E-state index in [0.29, 0.717) is 11.3 Å². The van der Waals surface area contributed by atoms with Gasteiger partial charge in [0.25, 0.3) is 0 Å². The summed E-state index contributed by atoms with van der Waals surface area (Å²) in [5.74, 6) is 1.61. The molecule has 1 atom stereocenters. The van der Waals surface area contributed by atoms with Crippen LogP contribution in [0, 0.1) is 5.41 Å². The Labute approximate surface area is 101 Å². The van der Waals surface area contributed by atoms with Gasteiger partial charge in [-0.2, -0.15) is 0 Å². The summed E-state index contributed by atoms with van der Waals surface area (Å²) < 4.78 is 0. The first kappa shape index (κ1) is 10.7. The second-order valence-electron chi connectivity index (χ2n) is 5.67. The van der Waals surface area contributed by atoms with E-state index >= 15 is 0 Å². The quantitative estimate of drug-likeness (QED) is 0.819. The van der Waals surface area contributed by atoms with Crippen LogP contribution in [0.2, 0.25) is 0 Å². The zero-order valence-corrected chi connectivity index (χ0v) is 10.4. The lowest BCUT2D eigenvalue weighted by Gasteiger charge is -2.37. The van der Waals surface area contributed by atoms with Crippen molar-refractivity contribution in [2.45, 2.75) is 45.4 Å². The minimum Gasteiger partial charge on any atom is -0.339 e. The summed E-state index contributed by atoms with van der Waals surface area (Å²) in [6.07, 6.45) is 8.49. The molecule has 2 aromatic rings. The molecule has 1 fully saturated rings. The summed E-state index contributed by atoms with van der Waals surface area (Å²) in [6, 6.07) is 0. The van der Waals surface area contributed by atoms with Crippen LogP contribution in [0.15, 0.2) is 12.5 Å². The van der Waals surface area contributed by atoms with Gasteiger partial charge in [-0.1, -0.05) is 26.7 Å². The van der Waals surface area contributed by atoms with Gasteiger partial charge in [-0.25, -0.2) is 15.0 Å². The number of aromatic nitrogens is 4. The molecule has 0 radical (unpaired) electrons. The van der Waals surface area contributed by atoms with Crippen LogP contribution in [0.4, 0.5) is 0 Å². The summed E-state index contributed by atoms with van der Waals surface area (Å²) in [5.41, 5.74) is 2.07. The molecule has 1 saturated carbocycles. The minimum atomic E-state index is 0.333. The number of H-pyrrole nitrogens is 1. The van der Waals surface area contributed by atoms with E-state index in [-0.39, 0.29) is 0 Å². The molecule has 17 heavy (non-hydrogen) atoms. The van der Waals surface area contributed by atoms with Gasteiger partial charge < -0.3 is 4.98 Å². The fourth-order valence-corrected chi connectivity index (χ4v) is 2.95. The Bertz CT molecular complexity index is 496. The summed E-state index contributed by atoms with van der Waals surface area (Å²) in [7, 11) is 0. The lowest BCUT2D eigenvalue weighted by Crippen LogP contribution is -2.26. The second-order valence-corrected chi connectivity index (χ2v) is 5.67. The van der Waals surface area contributed by atoms with Crippen molar-refractivity contribution in [2.24, 2.45) is 5.41 Å². The van der Waals surface area contributed by atoms with Gasteiger partial charge in [0.15, 0.2) is 5.65 Å². The smallest absolute Gasteiger partial charge is 0.180 e. The molecular weight excluding hydrogens is 212 g/mol. The van der Waals surface area contributed by atoms with Gasteiger partial charge in [-0.3, -0.25) is 0 Å². The largest absolute Gasteiger partial charge is 0.339 e. The third-order valence-corrected chi connectivity index (χ3v) is 4.02. The number of nitrogens with one attached hydrogen (secondary N) is 1. The van der Waals surface area contributed by atoms with E-state index in [4.69, 9.17) is 0 Å². The highest BCUT2D eigenvalue weighted by atomic mass is 15.0. The average molecular weight is 230 g/mol. The van der Waals surface area contributed by atoms with Gasteiger partial charge in [0.05, 0.1) is 6.20 Å². The Morgan fingerprint density at radius 1 is 1.35 bits per heavy atom. The van der Waals surface area contributed by atoms with E-state index in [1.54, 1.807) is 12.5 Å². The Kier molecular flexibility index (Phi) is 2.38. The van der Waals surface area contributed by atoms with Crippen molar-refractivity contribution in [2.75, 3.05) is 0 Å². The first-order valence-corrected chi connectivity index (χ1v) is 6.32. The zero-order valence-electron chi connectivity index (χ0n) is 10.4. The zero-order chi connectivity index (χ0) is 11.9. The van der Waals surface area contributed by atoms with Crippen molar-refractivity contribution in [1.29, 1.82) is 0 Å². The van der Waals surface area contributed by atoms with Crippen LogP contribution < -0.4 is 0 Å². The Hall–Kier alpha value is -1.45. The third kappa shape index (κ3) is 1.81. The van der Waals surface area contributed by atoms with Gasteiger partial charge in [0, 0.05) is 5.92 Å². The van der Waals surface area contributed by atoms with Crippen molar-refractivity contribution >= 4 is 11.2 Å². The molecule has 0 bridgehead atoms. The molecule has 0 spiro atoms. The first-order chi connectivity index (χ1) is 8.17. The summed E-state index contributed by atoms with van der Waals surface area (Å²) in [5, 5.41) is 0. The van der Waals surface area contributed by atoms with Gasteiger partial charge in [0.2, 0.25) is 0 Å². The molecule has 2 aromatic heterocycles. The maximum absolute atomic E-state index is 4.63. The molecule has 0 amide bonds. The molecule has 0 saturated heterocycles. The molecule has 0 aliphatic heterocycles. The molecule has 0 aromatic carbocycles. The Morgan fingerprint density at radius 3 is 3.00 bits per heavy atom. The van der Waals surface area contributed by atoms with Crippen molar-refractivity contribution in [3.8, 4) is 0 Å². The molecule has 4 nitrogen and oxygen atoms in total. The van der Waals surface area contributed by atoms with Crippen LogP contribution in [0.1, 0.15) is 51.3 Å². The molecule has 4 heteroatoms. The molecule has 3 rings (SSSR count). The van der Waals surface area contributed by atoms with Crippen LogP contribution in [0.25, 0.3) is 11.2 Å². The number of hydrogen-bond acceptors (Lipinski definition) is 3. The maximum Gasteiger partial charge on any atom is 0.180 e. The van der Waals surface area contributed by atoms with E-state index in [9.17, 15) is 0 Å². The van der Waals surface area contributed by atoms with Gasteiger partial charge >= 0.3 is 0 Å². The molecule has 1 unspecified atom stereocenters. The first-order valence-electron chi connectivity index (χ1n) is 6.32. The summed E-state index contributed by atoms with van der Waals surface area (Å²) >= 11 is 0. The minimum absolute atomic E-state index is 0.333. The normalized spacial score (nSPS) is 24.0. The fourth-order valence-electron chi connectivity index (χ4n) is 2.95. The van der Waals surface area contributed by atoms with Crippen molar-refractivity contribution in [1.82, 2.24) is 19.9 Å². The molecular formula is C13H18N4. The standard InChI is InChI=1S/C13H18N4/c1-13(2)6-4-3-5-9(13)11-16-10-7-14-8-15-12(10)17-11/h7-9H,3-6H2,1-2H3,(H,14,15,16,17). The van der Waals surface area contributed by atoms with E-state index in [0.717, 1.165) is 17.0 Å². The molecule has 1 aliphatic rings. The van der Waals surface area contributed by atoms with Crippen LogP contribution in [0.5, 0.6) is 0 Å². The van der Waals surface area contributed by atoms with Crippen molar-refractivity contribution < 1.29 is 0 Å². The highest BCUT2D eigenvalue weighted by molar-refractivity contribution is 5.68. The number of nitrogens with zero attached hydrogens (tertiary/aromatic N) is 3. The maximum atomic E-state index is 4.63. The lowest BCUT2D eigenvalue weighted by molar-refractivity contribution is 0.193. The van der Waals surface area contributed by atoms with E-state index in [2.05, 4.69) is 33.8 Å². The summed E-state index contributed by atoms with van der Waals surface area (Å²) in [4.78, 5) is 16.2. The third-order valence-electron chi connectivity index (χ3n) is 4.02. The van der Waals surface area contributed by atoms with Gasteiger partial charge in [-0.05, 0) is 18.3 Å². The Balaban J connectivity index is 2.02. The SMILES string of the molecule is CC1(C)CCCCC1c1nc2ncncc2[nH]1. The molecule has 90 valence electrons. The van der Waals surface area contributed by atoms with Gasteiger partial charge in [-0.15, -0.1) is 0 Å². The average Bonchev–Trinajstić information content (AvgIpc) is 2.71. The highest BCUT2D eigenvalue weighted by Gasteiger charge is 2.35. The molecule has 1 aliphatic carbocycles. The van der Waals surface area contributed by atoms with Crippen molar-refractivity contribution in [3.63, 3.8) is 0 Å². The lowest BCUT2D eigenvalue weighted by atomic mass is 9.68. The predicted octanol–water partition coefficient (Wildman–Crippen LogP) is 3.04. The molecule has 1 N–H and O–H groups in total. The number of imidazole rings is 1. The monoisotopic (exact) mass is 230 g/mol. The number of fused-ring (bicyclic) bond motifs is 1. The fraction of sp³-hybridized carbons (Fsp3) is 0.615. The highest BCUT2D eigenvalue weighted by Crippen LogP contribution is 2.45. The number of rotatable bonds is 1. The topological polar surface area (TPSA) is 54.5 Å². The van der Waals surface area contributed by atoms with Crippen LogP contribution >= 0.6 is 0 Å². The Morgan fingerprint density at radius 2 is 2.24 bits per heavy atom. The molecule has 2 heterocycles. The van der Waals surface area contributed by atoms with Crippen LogP contribution in [-0.2, 0) is 0 Å². The summed E-state index contributed by atoms with van der Waals surface area (Å²) in [6.45, 7) is 4.69. The number of aromatic amines is 1. The predicted molar refractivity (Wildman–Crippen MR) is 66.7 cm³/mol. The number of hydrogen-bond donors (Lipinski definition) is 1. The van der Waals surface area contributed by atoms with Crippen molar-refractivity contribution in [3.05, 3.63) is 18.3 Å².